The third-order valence-corrected chi connectivity index (χ3v) is 6.90. The molecule has 3 aromatic carbocycles. The molecule has 7 nitrogen and oxygen atoms in total. The number of aromatic nitrogens is 4. The molecular weight excluding hydrogens is 511 g/mol. The van der Waals surface area contributed by atoms with E-state index in [9.17, 15) is 9.59 Å². The Morgan fingerprint density at radius 2 is 1.35 bits per heavy atom. The van der Waals surface area contributed by atoms with Crippen LogP contribution in [0.3, 0.4) is 0 Å². The number of hydrogen-bond donors (Lipinski definition) is 0. The van der Waals surface area contributed by atoms with Gasteiger partial charge in [-0.3, -0.25) is 18.5 Å². The van der Waals surface area contributed by atoms with Crippen LogP contribution in [0.4, 0.5) is 0 Å². The highest BCUT2D eigenvalue weighted by molar-refractivity contribution is 6.30. The highest BCUT2D eigenvalue weighted by atomic mass is 35.5. The van der Waals surface area contributed by atoms with Crippen molar-refractivity contribution in [3.8, 4) is 11.8 Å². The summed E-state index contributed by atoms with van der Waals surface area (Å²) in [7, 11) is 1.60. The van der Waals surface area contributed by atoms with E-state index in [0.29, 0.717) is 22.3 Å². The van der Waals surface area contributed by atoms with E-state index < -0.39 is 11.2 Å². The lowest BCUT2D eigenvalue weighted by Gasteiger charge is -2.12. The molecule has 0 saturated carbocycles. The van der Waals surface area contributed by atoms with Crippen molar-refractivity contribution < 1.29 is 4.74 Å². The van der Waals surface area contributed by atoms with E-state index in [1.807, 2.05) is 44.2 Å². The van der Waals surface area contributed by atoms with Gasteiger partial charge in [-0.1, -0.05) is 53.5 Å². The summed E-state index contributed by atoms with van der Waals surface area (Å²) in [5.74, 6) is 0.585. The summed E-state index contributed by atoms with van der Waals surface area (Å²) in [5, 5.41) is 1.19. The molecule has 0 aliphatic carbocycles. The number of halogens is 2. The summed E-state index contributed by atoms with van der Waals surface area (Å²) in [4.78, 5) is 31.6. The van der Waals surface area contributed by atoms with Crippen molar-refractivity contribution in [2.75, 3.05) is 0 Å². The average molecular weight is 535 g/mol. The summed E-state index contributed by atoms with van der Waals surface area (Å²) >= 11 is 12.1. The Bertz CT molecular complexity index is 1730. The van der Waals surface area contributed by atoms with Crippen LogP contribution in [-0.2, 0) is 20.1 Å². The molecule has 0 aliphatic heterocycles. The van der Waals surface area contributed by atoms with Gasteiger partial charge in [0.15, 0.2) is 11.2 Å². The molecule has 0 atom stereocenters. The van der Waals surface area contributed by atoms with Gasteiger partial charge in [-0.05, 0) is 72.5 Å². The molecule has 2 heterocycles. The largest absolute Gasteiger partial charge is 0.425 e. The van der Waals surface area contributed by atoms with Crippen molar-refractivity contribution in [3.05, 3.63) is 120 Å². The molecule has 37 heavy (non-hydrogen) atoms. The maximum Gasteiger partial charge on any atom is 0.332 e. The minimum absolute atomic E-state index is 0.0953. The summed E-state index contributed by atoms with van der Waals surface area (Å²) in [6.45, 7) is 4.41. The van der Waals surface area contributed by atoms with Crippen LogP contribution < -0.4 is 16.0 Å². The fourth-order valence-corrected chi connectivity index (χ4v) is 4.40. The average Bonchev–Trinajstić information content (AvgIpc) is 3.23. The Labute approximate surface area is 223 Å². The number of rotatable bonds is 6. The topological polar surface area (TPSA) is 71.1 Å². The van der Waals surface area contributed by atoms with E-state index in [4.69, 9.17) is 27.9 Å². The van der Waals surface area contributed by atoms with Gasteiger partial charge < -0.3 is 4.74 Å². The van der Waals surface area contributed by atoms with Gasteiger partial charge in [-0.2, -0.15) is 4.98 Å². The van der Waals surface area contributed by atoms with Gasteiger partial charge in [0.1, 0.15) is 5.75 Å². The summed E-state index contributed by atoms with van der Waals surface area (Å²) < 4.78 is 10.5. The van der Waals surface area contributed by atoms with Crippen molar-refractivity contribution in [1.82, 2.24) is 18.7 Å². The van der Waals surface area contributed by atoms with Gasteiger partial charge in [0.2, 0.25) is 0 Å². The first-order valence-corrected chi connectivity index (χ1v) is 12.4. The van der Waals surface area contributed by atoms with E-state index in [1.165, 1.54) is 9.13 Å². The van der Waals surface area contributed by atoms with Crippen molar-refractivity contribution >= 4 is 34.4 Å². The third kappa shape index (κ3) is 4.92. The number of hydrogen-bond acceptors (Lipinski definition) is 4. The first-order valence-electron chi connectivity index (χ1n) is 11.7. The maximum atomic E-state index is 13.8. The van der Waals surface area contributed by atoms with Crippen molar-refractivity contribution in [2.45, 2.75) is 26.9 Å². The van der Waals surface area contributed by atoms with Gasteiger partial charge in [0.05, 0.1) is 13.1 Å². The first kappa shape index (κ1) is 24.9. The Morgan fingerprint density at radius 1 is 0.784 bits per heavy atom. The molecule has 2 aromatic heterocycles. The van der Waals surface area contributed by atoms with E-state index in [1.54, 1.807) is 48.0 Å². The molecule has 5 rings (SSSR count). The monoisotopic (exact) mass is 534 g/mol. The number of benzene rings is 3. The van der Waals surface area contributed by atoms with Crippen molar-refractivity contribution in [3.63, 3.8) is 0 Å². The molecule has 188 valence electrons. The predicted octanol–water partition coefficient (Wildman–Crippen LogP) is 5.71. The van der Waals surface area contributed by atoms with Crippen LogP contribution in [0.1, 0.15) is 22.3 Å². The lowest BCUT2D eigenvalue weighted by atomic mass is 10.1. The fraction of sp³-hybridized carbons (Fsp3) is 0.179. The van der Waals surface area contributed by atoms with Gasteiger partial charge in [0, 0.05) is 17.1 Å². The molecule has 0 bridgehead atoms. The number of fused-ring (bicyclic) bond motifs is 1. The standard InChI is InChI=1S/C28H24Cl2N4O3/c1-17-4-13-23(14-18(17)2)37-27-31-25-24(33(27)15-19-5-9-21(29)10-6-19)26(35)34(28(36)32(25)3)16-20-7-11-22(30)12-8-20/h4-14H,15-16H2,1-3H3. The molecule has 9 heteroatoms. The summed E-state index contributed by atoms with van der Waals surface area (Å²) in [6.07, 6.45) is 0. The minimum atomic E-state index is -0.471. The second-order valence-corrected chi connectivity index (χ2v) is 9.86. The van der Waals surface area contributed by atoms with Gasteiger partial charge in [0.25, 0.3) is 5.56 Å². The Kier molecular flexibility index (Phi) is 6.67. The highest BCUT2D eigenvalue weighted by Gasteiger charge is 2.22. The number of aryl methyl sites for hydroxylation is 3. The molecule has 0 N–H and O–H groups in total. The molecule has 0 fully saturated rings. The lowest BCUT2D eigenvalue weighted by molar-refractivity contribution is 0.420. The molecule has 0 spiro atoms. The van der Waals surface area contributed by atoms with Crippen LogP contribution in [0.15, 0.2) is 76.3 Å². The second-order valence-electron chi connectivity index (χ2n) is 8.99. The molecule has 0 aliphatic rings. The molecular formula is C28H24Cl2N4O3. The molecule has 0 saturated heterocycles. The lowest BCUT2D eigenvalue weighted by Crippen LogP contribution is -2.40. The van der Waals surface area contributed by atoms with Gasteiger partial charge in [-0.25, -0.2) is 4.79 Å². The predicted molar refractivity (Wildman–Crippen MR) is 146 cm³/mol. The molecule has 0 radical (unpaired) electrons. The second kappa shape index (κ2) is 9.92. The molecule has 0 unspecified atom stereocenters. The van der Waals surface area contributed by atoms with E-state index in [0.717, 1.165) is 22.3 Å². The van der Waals surface area contributed by atoms with E-state index >= 15 is 0 Å². The first-order chi connectivity index (χ1) is 17.7. The smallest absolute Gasteiger partial charge is 0.332 e. The Morgan fingerprint density at radius 3 is 1.92 bits per heavy atom. The molecule has 0 amide bonds. The van der Waals surface area contributed by atoms with Crippen LogP contribution in [0, 0.1) is 13.8 Å². The molecule has 5 aromatic rings. The zero-order valence-corrected chi connectivity index (χ0v) is 22.0. The zero-order valence-electron chi connectivity index (χ0n) is 20.5. The fourth-order valence-electron chi connectivity index (χ4n) is 4.14. The van der Waals surface area contributed by atoms with Crippen molar-refractivity contribution in [2.24, 2.45) is 7.05 Å². The van der Waals surface area contributed by atoms with Crippen molar-refractivity contribution in [1.29, 1.82) is 0 Å². The maximum absolute atomic E-state index is 13.8. The minimum Gasteiger partial charge on any atom is -0.425 e. The summed E-state index contributed by atoms with van der Waals surface area (Å²) in [6, 6.07) is 20.3. The van der Waals surface area contributed by atoms with E-state index in [2.05, 4.69) is 4.98 Å². The Hall–Kier alpha value is -3.81. The third-order valence-electron chi connectivity index (χ3n) is 6.39. The number of nitrogens with zero attached hydrogens (tertiary/aromatic N) is 4. The number of ether oxygens (including phenoxy) is 1. The van der Waals surface area contributed by atoms with Crippen LogP contribution in [0.2, 0.25) is 10.0 Å². The normalized spacial score (nSPS) is 11.3. The van der Waals surface area contributed by atoms with Gasteiger partial charge in [-0.15, -0.1) is 0 Å². The van der Waals surface area contributed by atoms with Gasteiger partial charge >= 0.3 is 11.7 Å². The highest BCUT2D eigenvalue weighted by Crippen LogP contribution is 2.27. The van der Waals surface area contributed by atoms with Crippen LogP contribution in [0.25, 0.3) is 11.2 Å². The van der Waals surface area contributed by atoms with Crippen LogP contribution >= 0.6 is 23.2 Å². The SMILES string of the molecule is Cc1ccc(Oc2nc3c(c(=O)n(Cc4ccc(Cl)cc4)c(=O)n3C)n2Cc2ccc(Cl)cc2)cc1C. The number of imidazole rings is 1. The Balaban J connectivity index is 1.70. The van der Waals surface area contributed by atoms with E-state index in [-0.39, 0.29) is 23.7 Å². The summed E-state index contributed by atoms with van der Waals surface area (Å²) in [5.41, 5.74) is 3.46. The van der Waals surface area contributed by atoms with Crippen LogP contribution in [-0.4, -0.2) is 18.7 Å². The zero-order chi connectivity index (χ0) is 26.3. The quantitative estimate of drug-likeness (QED) is 0.279. The van der Waals surface area contributed by atoms with Crippen LogP contribution in [0.5, 0.6) is 11.8 Å².